The molecule has 24 heavy (non-hydrogen) atoms. The average Bonchev–Trinajstić information content (AvgIpc) is 2.58. The summed E-state index contributed by atoms with van der Waals surface area (Å²) in [5.74, 6) is -0.807. The highest BCUT2D eigenvalue weighted by atomic mass is 16.4. The van der Waals surface area contributed by atoms with Crippen LogP contribution in [0.3, 0.4) is 0 Å². The van der Waals surface area contributed by atoms with Crippen molar-refractivity contribution >= 4 is 22.4 Å². The molecule has 0 radical (unpaired) electrons. The molecule has 0 aliphatic rings. The van der Waals surface area contributed by atoms with E-state index < -0.39 is 5.97 Å². The summed E-state index contributed by atoms with van der Waals surface area (Å²) >= 11 is 0. The van der Waals surface area contributed by atoms with Crippen LogP contribution in [0.15, 0.2) is 54.6 Å². The molecule has 3 aromatic rings. The lowest BCUT2D eigenvalue weighted by Gasteiger charge is -2.14. The van der Waals surface area contributed by atoms with Gasteiger partial charge >= 0.3 is 5.97 Å². The maximum Gasteiger partial charge on any atom is 0.307 e. The first-order valence-electron chi connectivity index (χ1n) is 8.07. The van der Waals surface area contributed by atoms with Crippen molar-refractivity contribution in [3.63, 3.8) is 0 Å². The smallest absolute Gasteiger partial charge is 0.307 e. The van der Waals surface area contributed by atoms with Gasteiger partial charge in [0.25, 0.3) is 0 Å². The van der Waals surface area contributed by atoms with E-state index in [2.05, 4.69) is 49.5 Å². The highest BCUT2D eigenvalue weighted by Gasteiger charge is 2.07. The molecular weight excluding hydrogens is 298 g/mol. The summed E-state index contributed by atoms with van der Waals surface area (Å²) in [4.78, 5) is 10.7. The van der Waals surface area contributed by atoms with E-state index in [0.717, 1.165) is 17.8 Å². The molecule has 3 aromatic carbocycles. The van der Waals surface area contributed by atoms with Crippen molar-refractivity contribution < 1.29 is 9.90 Å². The third kappa shape index (κ3) is 3.40. The van der Waals surface area contributed by atoms with Crippen LogP contribution in [0.4, 0.5) is 5.69 Å². The molecule has 2 N–H and O–H groups in total. The molecule has 122 valence electrons. The van der Waals surface area contributed by atoms with Crippen molar-refractivity contribution in [3.8, 4) is 0 Å². The van der Waals surface area contributed by atoms with E-state index in [-0.39, 0.29) is 6.42 Å². The zero-order chi connectivity index (χ0) is 17.1. The Morgan fingerprint density at radius 1 is 1.00 bits per heavy atom. The number of aliphatic carboxylic acids is 1. The molecule has 0 aliphatic carbocycles. The largest absolute Gasteiger partial charge is 0.481 e. The summed E-state index contributed by atoms with van der Waals surface area (Å²) in [6.45, 7) is 5.05. The van der Waals surface area contributed by atoms with Gasteiger partial charge in [-0.15, -0.1) is 0 Å². The van der Waals surface area contributed by atoms with Gasteiger partial charge in [0, 0.05) is 12.2 Å². The number of carboxylic acids is 1. The second-order valence-electron chi connectivity index (χ2n) is 6.14. The highest BCUT2D eigenvalue weighted by Crippen LogP contribution is 2.26. The van der Waals surface area contributed by atoms with Gasteiger partial charge < -0.3 is 10.4 Å². The number of aryl methyl sites for hydroxylation is 2. The molecule has 0 atom stereocenters. The fraction of sp³-hybridized carbons (Fsp3) is 0.190. The minimum absolute atomic E-state index is 0.0588. The summed E-state index contributed by atoms with van der Waals surface area (Å²) in [6, 6.07) is 18.3. The fourth-order valence-electron chi connectivity index (χ4n) is 3.07. The van der Waals surface area contributed by atoms with E-state index >= 15 is 0 Å². The molecule has 0 bridgehead atoms. The average molecular weight is 319 g/mol. The van der Waals surface area contributed by atoms with Crippen molar-refractivity contribution in [1.82, 2.24) is 0 Å². The van der Waals surface area contributed by atoms with Gasteiger partial charge in [-0.3, -0.25) is 4.79 Å². The van der Waals surface area contributed by atoms with Crippen LogP contribution in [0.1, 0.15) is 22.3 Å². The summed E-state index contributed by atoms with van der Waals surface area (Å²) < 4.78 is 0. The van der Waals surface area contributed by atoms with Gasteiger partial charge in [-0.05, 0) is 59.0 Å². The predicted molar refractivity (Wildman–Crippen MR) is 98.5 cm³/mol. The molecule has 3 rings (SSSR count). The third-order valence-electron chi connectivity index (χ3n) is 4.42. The number of carboxylic acid groups (broad SMARTS) is 1. The summed E-state index contributed by atoms with van der Waals surface area (Å²) in [5, 5.41) is 14.8. The van der Waals surface area contributed by atoms with Crippen LogP contribution in [0.5, 0.6) is 0 Å². The molecule has 0 spiro atoms. The van der Waals surface area contributed by atoms with Crippen molar-refractivity contribution in [2.45, 2.75) is 26.8 Å². The first-order chi connectivity index (χ1) is 11.5. The number of hydrogen-bond donors (Lipinski definition) is 2. The van der Waals surface area contributed by atoms with Crippen LogP contribution in [0.25, 0.3) is 10.8 Å². The van der Waals surface area contributed by atoms with Gasteiger partial charge in [0.1, 0.15) is 0 Å². The molecular formula is C21H21NO2. The number of rotatable bonds is 5. The Balaban J connectivity index is 1.78. The third-order valence-corrected chi connectivity index (χ3v) is 4.42. The van der Waals surface area contributed by atoms with Crippen LogP contribution >= 0.6 is 0 Å². The van der Waals surface area contributed by atoms with Gasteiger partial charge in [-0.2, -0.15) is 0 Å². The van der Waals surface area contributed by atoms with E-state index in [1.165, 1.54) is 27.5 Å². The molecule has 0 amide bonds. The second-order valence-corrected chi connectivity index (χ2v) is 6.14. The lowest BCUT2D eigenvalue weighted by atomic mass is 9.96. The highest BCUT2D eigenvalue weighted by molar-refractivity contribution is 5.89. The lowest BCUT2D eigenvalue weighted by Crippen LogP contribution is -2.03. The minimum Gasteiger partial charge on any atom is -0.481 e. The van der Waals surface area contributed by atoms with E-state index in [1.54, 1.807) is 0 Å². The van der Waals surface area contributed by atoms with E-state index in [4.69, 9.17) is 5.11 Å². The molecule has 3 heteroatoms. The number of nitrogens with one attached hydrogen (secondary N) is 1. The standard InChI is InChI=1S/C21H21NO2/c1-14-11-17(15(2)20-6-4-3-5-19(14)20)13-22-18-9-7-16(8-10-18)12-21(23)24/h3-11,22H,12-13H2,1-2H3,(H,23,24). The Kier molecular flexibility index (Phi) is 4.52. The molecule has 0 fully saturated rings. The Hall–Kier alpha value is -2.81. The first kappa shape index (κ1) is 16.1. The SMILES string of the molecule is Cc1cc(CNc2ccc(CC(=O)O)cc2)c(C)c2ccccc12. The van der Waals surface area contributed by atoms with E-state index in [0.29, 0.717) is 0 Å². The van der Waals surface area contributed by atoms with Crippen molar-refractivity contribution in [2.75, 3.05) is 5.32 Å². The molecule has 0 unspecified atom stereocenters. The predicted octanol–water partition coefficient (Wildman–Crippen LogP) is 4.70. The van der Waals surface area contributed by atoms with Crippen LogP contribution < -0.4 is 5.32 Å². The van der Waals surface area contributed by atoms with Crippen LogP contribution in [0.2, 0.25) is 0 Å². The molecule has 0 heterocycles. The Morgan fingerprint density at radius 3 is 2.33 bits per heavy atom. The molecule has 0 saturated carbocycles. The summed E-state index contributed by atoms with van der Waals surface area (Å²) in [7, 11) is 0. The van der Waals surface area contributed by atoms with E-state index in [9.17, 15) is 4.79 Å². The Bertz CT molecular complexity index is 882. The first-order valence-corrected chi connectivity index (χ1v) is 8.07. The maximum atomic E-state index is 10.7. The molecule has 0 aliphatic heterocycles. The number of hydrogen-bond acceptors (Lipinski definition) is 2. The van der Waals surface area contributed by atoms with Crippen LogP contribution in [-0.2, 0) is 17.8 Å². The normalized spacial score (nSPS) is 10.8. The number of benzene rings is 3. The number of fused-ring (bicyclic) bond motifs is 1. The Labute approximate surface area is 142 Å². The second kappa shape index (κ2) is 6.75. The molecule has 0 saturated heterocycles. The quantitative estimate of drug-likeness (QED) is 0.717. The zero-order valence-electron chi connectivity index (χ0n) is 14.0. The van der Waals surface area contributed by atoms with Gasteiger partial charge in [-0.25, -0.2) is 0 Å². The van der Waals surface area contributed by atoms with Crippen molar-refractivity contribution in [2.24, 2.45) is 0 Å². The maximum absolute atomic E-state index is 10.7. The Morgan fingerprint density at radius 2 is 1.67 bits per heavy atom. The lowest BCUT2D eigenvalue weighted by molar-refractivity contribution is -0.136. The summed E-state index contributed by atoms with van der Waals surface area (Å²) in [5.41, 5.74) is 5.66. The minimum atomic E-state index is -0.807. The van der Waals surface area contributed by atoms with Crippen LogP contribution in [-0.4, -0.2) is 11.1 Å². The van der Waals surface area contributed by atoms with Gasteiger partial charge in [0.15, 0.2) is 0 Å². The van der Waals surface area contributed by atoms with Crippen LogP contribution in [0, 0.1) is 13.8 Å². The van der Waals surface area contributed by atoms with Gasteiger partial charge in [0.2, 0.25) is 0 Å². The number of anilines is 1. The fourth-order valence-corrected chi connectivity index (χ4v) is 3.07. The summed E-state index contributed by atoms with van der Waals surface area (Å²) in [6.07, 6.45) is 0.0588. The number of carbonyl (C=O) groups is 1. The van der Waals surface area contributed by atoms with Crippen molar-refractivity contribution in [1.29, 1.82) is 0 Å². The molecule has 0 aromatic heterocycles. The topological polar surface area (TPSA) is 49.3 Å². The monoisotopic (exact) mass is 319 g/mol. The van der Waals surface area contributed by atoms with Gasteiger partial charge in [0.05, 0.1) is 6.42 Å². The molecule has 3 nitrogen and oxygen atoms in total. The van der Waals surface area contributed by atoms with Gasteiger partial charge in [-0.1, -0.05) is 42.5 Å². The zero-order valence-corrected chi connectivity index (χ0v) is 14.0. The van der Waals surface area contributed by atoms with Crippen molar-refractivity contribution in [3.05, 3.63) is 76.9 Å². The van der Waals surface area contributed by atoms with E-state index in [1.807, 2.05) is 24.3 Å².